The molecule has 0 bridgehead atoms. The zero-order valence-corrected chi connectivity index (χ0v) is 16.3. The van der Waals surface area contributed by atoms with E-state index in [9.17, 15) is 0 Å². The summed E-state index contributed by atoms with van der Waals surface area (Å²) in [6.07, 6.45) is 8.95. The maximum absolute atomic E-state index is 6.27. The summed E-state index contributed by atoms with van der Waals surface area (Å²) >= 11 is 0. The largest absolute Gasteiger partial charge is 0.0774 e. The van der Waals surface area contributed by atoms with Crippen LogP contribution in [0.4, 0.5) is 0 Å². The van der Waals surface area contributed by atoms with Crippen molar-refractivity contribution in [2.24, 2.45) is 22.7 Å². The highest BCUT2D eigenvalue weighted by atomic mass is 14.3. The van der Waals surface area contributed by atoms with Crippen LogP contribution in [0.15, 0.2) is 0 Å². The molecule has 0 aromatic heterocycles. The lowest BCUT2D eigenvalue weighted by Gasteiger charge is -2.32. The highest BCUT2D eigenvalue weighted by Gasteiger charge is 2.24. The van der Waals surface area contributed by atoms with Gasteiger partial charge in [-0.2, -0.15) is 0 Å². The lowest BCUT2D eigenvalue weighted by Crippen LogP contribution is -2.20. The van der Waals surface area contributed by atoms with Gasteiger partial charge in [0.1, 0.15) is 0 Å². The van der Waals surface area contributed by atoms with Crippen molar-refractivity contribution in [3.8, 4) is 0 Å². The second kappa shape index (κ2) is 9.26. The molecule has 0 saturated carbocycles. The second-order valence-electron chi connectivity index (χ2n) is 9.30. The Morgan fingerprint density at radius 3 is 1.90 bits per heavy atom. The first-order valence-corrected chi connectivity index (χ1v) is 9.26. The summed E-state index contributed by atoms with van der Waals surface area (Å²) in [4.78, 5) is 0. The smallest absolute Gasteiger partial charge is 0.0699 e. The van der Waals surface area contributed by atoms with Crippen LogP contribution < -0.4 is 0 Å². The van der Waals surface area contributed by atoms with Crippen molar-refractivity contribution in [1.82, 2.24) is 0 Å². The van der Waals surface area contributed by atoms with E-state index in [1.54, 1.807) is 0 Å². The zero-order valence-electron chi connectivity index (χ0n) is 16.3. The summed E-state index contributed by atoms with van der Waals surface area (Å²) in [5, 5.41) is 0. The summed E-state index contributed by atoms with van der Waals surface area (Å²) in [5.41, 5.74) is 0.937. The Hall–Kier alpha value is 0.0649. The molecule has 0 aliphatic heterocycles. The van der Waals surface area contributed by atoms with Crippen molar-refractivity contribution in [2.45, 2.75) is 106 Å². The van der Waals surface area contributed by atoms with Crippen LogP contribution in [-0.4, -0.2) is 7.85 Å². The van der Waals surface area contributed by atoms with E-state index >= 15 is 0 Å². The highest BCUT2D eigenvalue weighted by Crippen LogP contribution is 2.37. The summed E-state index contributed by atoms with van der Waals surface area (Å²) in [6, 6.07) is 0. The Labute approximate surface area is 137 Å². The molecule has 3 unspecified atom stereocenters. The lowest BCUT2D eigenvalue weighted by atomic mass is 9.70. The van der Waals surface area contributed by atoms with Gasteiger partial charge in [-0.05, 0) is 48.3 Å². The van der Waals surface area contributed by atoms with Crippen molar-refractivity contribution in [3.05, 3.63) is 0 Å². The first kappa shape index (κ1) is 21.1. The molecule has 0 fully saturated rings. The SMILES string of the molecule is [B]C(CC)CC(CCC(C)(C)CC)C(C)CCC(C)(C)C. The van der Waals surface area contributed by atoms with Crippen molar-refractivity contribution < 1.29 is 0 Å². The summed E-state index contributed by atoms with van der Waals surface area (Å²) < 4.78 is 0. The average molecular weight is 292 g/mol. The van der Waals surface area contributed by atoms with Crippen molar-refractivity contribution >= 4 is 7.85 Å². The number of hydrogen-bond donors (Lipinski definition) is 0. The molecule has 0 spiro atoms. The standard InChI is InChI=1S/C20H41B/c1-9-18(21)15-17(12-14-20(7,8)10-2)16(3)11-13-19(4,5)6/h16-18H,9-15H2,1-8H3. The molecule has 0 nitrogen and oxygen atoms in total. The van der Waals surface area contributed by atoms with E-state index in [0.29, 0.717) is 16.6 Å². The molecule has 0 aliphatic rings. The van der Waals surface area contributed by atoms with Gasteiger partial charge in [-0.1, -0.05) is 80.5 Å². The first-order chi connectivity index (χ1) is 9.50. The van der Waals surface area contributed by atoms with Crippen LogP contribution in [0.2, 0.25) is 5.82 Å². The molecular weight excluding hydrogens is 251 g/mol. The van der Waals surface area contributed by atoms with E-state index in [-0.39, 0.29) is 0 Å². The van der Waals surface area contributed by atoms with Crippen LogP contribution in [0.25, 0.3) is 0 Å². The Bertz CT molecular complexity index is 262. The van der Waals surface area contributed by atoms with Gasteiger partial charge in [0.2, 0.25) is 0 Å². The van der Waals surface area contributed by atoms with Gasteiger partial charge in [-0.25, -0.2) is 0 Å². The van der Waals surface area contributed by atoms with Gasteiger partial charge in [0.15, 0.2) is 0 Å². The van der Waals surface area contributed by atoms with Crippen molar-refractivity contribution in [1.29, 1.82) is 0 Å². The summed E-state index contributed by atoms with van der Waals surface area (Å²) in [7, 11) is 6.27. The van der Waals surface area contributed by atoms with Gasteiger partial charge < -0.3 is 0 Å². The van der Waals surface area contributed by atoms with E-state index < -0.39 is 0 Å². The van der Waals surface area contributed by atoms with Crippen LogP contribution in [0.1, 0.15) is 100 Å². The third-order valence-corrected chi connectivity index (χ3v) is 5.43. The highest BCUT2D eigenvalue weighted by molar-refractivity contribution is 6.11. The topological polar surface area (TPSA) is 0 Å². The van der Waals surface area contributed by atoms with Crippen molar-refractivity contribution in [3.63, 3.8) is 0 Å². The van der Waals surface area contributed by atoms with Crippen LogP contribution in [-0.2, 0) is 0 Å². The van der Waals surface area contributed by atoms with Crippen LogP contribution in [0.5, 0.6) is 0 Å². The lowest BCUT2D eigenvalue weighted by molar-refractivity contribution is 0.211. The Balaban J connectivity index is 4.57. The molecule has 2 radical (unpaired) electrons. The second-order valence-corrected chi connectivity index (χ2v) is 9.30. The monoisotopic (exact) mass is 292 g/mol. The molecule has 0 N–H and O–H groups in total. The van der Waals surface area contributed by atoms with E-state index in [2.05, 4.69) is 55.4 Å². The Morgan fingerprint density at radius 1 is 0.905 bits per heavy atom. The Morgan fingerprint density at radius 2 is 1.48 bits per heavy atom. The third kappa shape index (κ3) is 10.4. The molecule has 0 heterocycles. The predicted molar refractivity (Wildman–Crippen MR) is 99.1 cm³/mol. The van der Waals surface area contributed by atoms with Crippen LogP contribution in [0.3, 0.4) is 0 Å². The van der Waals surface area contributed by atoms with E-state index in [0.717, 1.165) is 18.3 Å². The first-order valence-electron chi connectivity index (χ1n) is 9.26. The van der Waals surface area contributed by atoms with E-state index in [1.165, 1.54) is 38.5 Å². The molecular formula is C20H41B. The van der Waals surface area contributed by atoms with Crippen molar-refractivity contribution in [2.75, 3.05) is 0 Å². The molecule has 3 atom stereocenters. The average Bonchev–Trinajstić information content (AvgIpc) is 2.39. The van der Waals surface area contributed by atoms with E-state index in [4.69, 9.17) is 7.85 Å². The number of rotatable bonds is 10. The van der Waals surface area contributed by atoms with Gasteiger partial charge in [-0.15, -0.1) is 0 Å². The molecule has 0 amide bonds. The molecule has 0 rings (SSSR count). The predicted octanol–water partition coefficient (Wildman–Crippen LogP) is 7.04. The fourth-order valence-electron chi connectivity index (χ4n) is 2.84. The van der Waals surface area contributed by atoms with Gasteiger partial charge in [-0.3, -0.25) is 0 Å². The molecule has 21 heavy (non-hydrogen) atoms. The maximum Gasteiger partial charge on any atom is 0.0699 e. The summed E-state index contributed by atoms with van der Waals surface area (Å²) in [6.45, 7) is 18.9. The third-order valence-electron chi connectivity index (χ3n) is 5.43. The minimum absolute atomic E-state index is 0.386. The fraction of sp³-hybridized carbons (Fsp3) is 1.00. The number of hydrogen-bond acceptors (Lipinski definition) is 0. The normalized spacial score (nSPS) is 17.5. The molecule has 124 valence electrons. The summed E-state index contributed by atoms with van der Waals surface area (Å²) in [5.74, 6) is 1.99. The van der Waals surface area contributed by atoms with E-state index in [1.807, 2.05) is 0 Å². The minimum Gasteiger partial charge on any atom is -0.0774 e. The van der Waals surface area contributed by atoms with Gasteiger partial charge in [0, 0.05) is 0 Å². The fourth-order valence-corrected chi connectivity index (χ4v) is 2.84. The molecule has 1 heteroatoms. The molecule has 0 aromatic rings. The Kier molecular flexibility index (Phi) is 9.29. The zero-order chi connectivity index (χ0) is 16.7. The van der Waals surface area contributed by atoms with Crippen LogP contribution >= 0.6 is 0 Å². The maximum atomic E-state index is 6.27. The molecule has 0 aromatic carbocycles. The minimum atomic E-state index is 0.386. The quantitative estimate of drug-likeness (QED) is 0.379. The van der Waals surface area contributed by atoms with Gasteiger partial charge >= 0.3 is 0 Å². The molecule has 0 saturated heterocycles. The van der Waals surface area contributed by atoms with Crippen LogP contribution in [0, 0.1) is 22.7 Å². The van der Waals surface area contributed by atoms with Gasteiger partial charge in [0.25, 0.3) is 0 Å². The van der Waals surface area contributed by atoms with Gasteiger partial charge in [0.05, 0.1) is 7.85 Å². The molecule has 0 aliphatic carbocycles.